The molecule has 0 saturated carbocycles. The normalized spacial score (nSPS) is 14.9. The summed E-state index contributed by atoms with van der Waals surface area (Å²) in [5.74, 6) is 0.844. The molecule has 1 aliphatic heterocycles. The fraction of sp³-hybridized carbons (Fsp3) is 0.143. The summed E-state index contributed by atoms with van der Waals surface area (Å²) in [6, 6.07) is 1.92. The minimum Gasteiger partial charge on any atom is -0.478 e. The summed E-state index contributed by atoms with van der Waals surface area (Å²) in [6.07, 6.45) is 3.85. The minimum absolute atomic E-state index is 0.0485. The van der Waals surface area contributed by atoms with E-state index in [9.17, 15) is 0 Å². The number of hydrogen-bond acceptors (Lipinski definition) is 2. The van der Waals surface area contributed by atoms with Crippen LogP contribution in [0.5, 0.6) is 0 Å². The summed E-state index contributed by atoms with van der Waals surface area (Å²) in [4.78, 5) is 0. The average Bonchev–Trinajstić information content (AvgIpc) is 2.03. The van der Waals surface area contributed by atoms with Crippen molar-refractivity contribution < 1.29 is 4.74 Å². The van der Waals surface area contributed by atoms with Gasteiger partial charge in [-0.3, -0.25) is 0 Å². The maximum Gasteiger partial charge on any atom is 0.174 e. The number of halogens is 1. The van der Waals surface area contributed by atoms with E-state index >= 15 is 0 Å². The van der Waals surface area contributed by atoms with Crippen LogP contribution in [0.1, 0.15) is 0 Å². The van der Waals surface area contributed by atoms with Gasteiger partial charge in [-0.15, -0.1) is 0 Å². The smallest absolute Gasteiger partial charge is 0.174 e. The zero-order chi connectivity index (χ0) is 7.23. The van der Waals surface area contributed by atoms with Crippen molar-refractivity contribution in [1.29, 1.82) is 5.26 Å². The zero-order valence-corrected chi connectivity index (χ0v) is 7.41. The molecule has 0 aromatic carbocycles. The molecule has 0 atom stereocenters. The number of allylic oxidation sites excluding steroid dienone is 2. The second-order valence-electron chi connectivity index (χ2n) is 1.57. The van der Waals surface area contributed by atoms with Gasteiger partial charge in [-0.2, -0.15) is 5.26 Å². The van der Waals surface area contributed by atoms with Crippen LogP contribution in [0.25, 0.3) is 0 Å². The van der Waals surface area contributed by atoms with Crippen LogP contribution in [0.15, 0.2) is 22.0 Å². The molecule has 0 aliphatic carbocycles. The van der Waals surface area contributed by atoms with Gasteiger partial charge < -0.3 is 4.74 Å². The monoisotopic (exact) mass is 247 g/mol. The van der Waals surface area contributed by atoms with E-state index in [4.69, 9.17) is 10.00 Å². The van der Waals surface area contributed by atoms with Crippen molar-refractivity contribution in [2.24, 2.45) is 0 Å². The summed E-state index contributed by atoms with van der Waals surface area (Å²) in [7, 11) is 0. The molecule has 0 amide bonds. The Morgan fingerprint density at radius 3 is 3.20 bits per heavy atom. The second-order valence-corrected chi connectivity index (χ2v) is 3.63. The van der Waals surface area contributed by atoms with Gasteiger partial charge in [0.15, 0.2) is 6.61 Å². The first-order chi connectivity index (χ1) is 4.93. The molecule has 1 aliphatic rings. The molecule has 0 aromatic rings. The van der Waals surface area contributed by atoms with Crippen LogP contribution in [0.2, 0.25) is 0 Å². The van der Waals surface area contributed by atoms with Crippen molar-refractivity contribution in [2.75, 3.05) is 6.61 Å². The van der Waals surface area contributed by atoms with Crippen LogP contribution in [0.3, 0.4) is 0 Å². The van der Waals surface area contributed by atoms with Crippen molar-refractivity contribution >= 4 is 24.7 Å². The first-order valence-corrected chi connectivity index (χ1v) is 5.24. The number of nitrogens with zero attached hydrogens (tertiary/aromatic N) is 1. The molecular weight excluding hydrogens is 241 g/mol. The number of nitriles is 1. The Morgan fingerprint density at radius 2 is 2.60 bits per heavy atom. The predicted molar refractivity (Wildman–Crippen MR) is 48.9 cm³/mol. The third kappa shape index (κ3) is 2.31. The quantitative estimate of drug-likeness (QED) is 0.696. The molecule has 0 bridgehead atoms. The van der Waals surface area contributed by atoms with Crippen LogP contribution in [-0.4, -0.2) is 10.6 Å². The molecule has 0 radical (unpaired) electrons. The number of hydrogen-bond donors (Lipinski definition) is 0. The van der Waals surface area contributed by atoms with Crippen molar-refractivity contribution in [3.8, 4) is 6.07 Å². The molecule has 0 N–H and O–H groups in total. The lowest BCUT2D eigenvalue weighted by Crippen LogP contribution is -1.89. The minimum atomic E-state index is 0.0485. The lowest BCUT2D eigenvalue weighted by molar-refractivity contribution is 0.267. The van der Waals surface area contributed by atoms with E-state index in [1.54, 1.807) is 0 Å². The third-order valence-electron chi connectivity index (χ3n) is 0.880. The van der Waals surface area contributed by atoms with Gasteiger partial charge in [0.05, 0.1) is 0 Å². The first-order valence-electron chi connectivity index (χ1n) is 2.75. The number of ether oxygens (including phenoxy) is 1. The maximum atomic E-state index is 8.17. The highest BCUT2D eigenvalue weighted by Gasteiger charge is 1.91. The molecule has 0 spiro atoms. The van der Waals surface area contributed by atoms with Crippen LogP contribution >= 0.6 is 20.7 Å². The SMILES string of the molecule is N#CCOC1=CI=CC=C1. The Labute approximate surface area is 69.5 Å². The van der Waals surface area contributed by atoms with E-state index in [0.717, 1.165) is 5.76 Å². The molecule has 52 valence electrons. The highest BCUT2D eigenvalue weighted by molar-refractivity contribution is 14.2. The van der Waals surface area contributed by atoms with Crippen LogP contribution < -0.4 is 0 Å². The second kappa shape index (κ2) is 4.23. The van der Waals surface area contributed by atoms with Crippen LogP contribution in [-0.2, 0) is 4.74 Å². The fourth-order valence-corrected chi connectivity index (χ4v) is 1.90. The molecule has 2 nitrogen and oxygen atoms in total. The van der Waals surface area contributed by atoms with Gasteiger partial charge in [-0.1, -0.05) is 26.8 Å². The number of rotatable bonds is 2. The van der Waals surface area contributed by atoms with Gasteiger partial charge in [0, 0.05) is 4.08 Å². The maximum absolute atomic E-state index is 8.17. The Kier molecular flexibility index (Phi) is 3.16. The largest absolute Gasteiger partial charge is 0.478 e. The van der Waals surface area contributed by atoms with Gasteiger partial charge in [0.2, 0.25) is 0 Å². The molecule has 1 heterocycles. The Morgan fingerprint density at radius 1 is 1.70 bits per heavy atom. The van der Waals surface area contributed by atoms with E-state index < -0.39 is 0 Å². The van der Waals surface area contributed by atoms with E-state index in [1.807, 2.05) is 18.2 Å². The van der Waals surface area contributed by atoms with Gasteiger partial charge in [0.1, 0.15) is 11.8 Å². The standard InChI is InChI=1S/C7H6INO/c9-4-5-10-7-2-1-3-8-6-7/h1-3,6H,5H2. The fourth-order valence-electron chi connectivity index (χ4n) is 0.503. The zero-order valence-electron chi connectivity index (χ0n) is 5.25. The molecule has 1 rings (SSSR count). The summed E-state index contributed by atoms with van der Waals surface area (Å²) in [6.45, 7) is 0.153. The highest BCUT2D eigenvalue weighted by atomic mass is 127. The molecule has 0 fully saturated rings. The van der Waals surface area contributed by atoms with Gasteiger partial charge in [0.25, 0.3) is 0 Å². The first kappa shape index (κ1) is 7.48. The molecule has 0 unspecified atom stereocenters. The highest BCUT2D eigenvalue weighted by Crippen LogP contribution is 2.11. The lowest BCUT2D eigenvalue weighted by Gasteiger charge is -2.01. The van der Waals surface area contributed by atoms with E-state index in [1.165, 1.54) is 0 Å². The van der Waals surface area contributed by atoms with Crippen molar-refractivity contribution in [2.45, 2.75) is 0 Å². The van der Waals surface area contributed by atoms with Crippen molar-refractivity contribution in [1.82, 2.24) is 0 Å². The van der Waals surface area contributed by atoms with E-state index in [-0.39, 0.29) is 27.3 Å². The molecular formula is C7H6INO. The van der Waals surface area contributed by atoms with Gasteiger partial charge in [-0.25, -0.2) is 0 Å². The van der Waals surface area contributed by atoms with Crippen molar-refractivity contribution in [3.63, 3.8) is 0 Å². The lowest BCUT2D eigenvalue weighted by atomic mass is 10.5. The predicted octanol–water partition coefficient (Wildman–Crippen LogP) is 1.71. The van der Waals surface area contributed by atoms with Crippen LogP contribution in [0.4, 0.5) is 0 Å². The topological polar surface area (TPSA) is 33.0 Å². The Hall–Kier alpha value is -0.630. The summed E-state index contributed by atoms with van der Waals surface area (Å²) in [5.41, 5.74) is 0. The summed E-state index contributed by atoms with van der Waals surface area (Å²) >= 11 is 0.0485. The molecule has 0 aromatic heterocycles. The molecule has 3 heteroatoms. The van der Waals surface area contributed by atoms with Gasteiger partial charge in [-0.05, 0) is 10.1 Å². The Bertz CT molecular complexity index is 234. The summed E-state index contributed by atoms with van der Waals surface area (Å²) in [5, 5.41) is 8.17. The Balaban J connectivity index is 2.44. The summed E-state index contributed by atoms with van der Waals surface area (Å²) < 4.78 is 9.24. The average molecular weight is 247 g/mol. The van der Waals surface area contributed by atoms with Gasteiger partial charge >= 0.3 is 0 Å². The van der Waals surface area contributed by atoms with E-state index in [2.05, 4.69) is 8.09 Å². The molecule has 10 heavy (non-hydrogen) atoms. The molecule has 0 saturated heterocycles. The van der Waals surface area contributed by atoms with E-state index in [0.29, 0.717) is 0 Å². The van der Waals surface area contributed by atoms with Crippen molar-refractivity contribution in [3.05, 3.63) is 22.0 Å². The third-order valence-corrected chi connectivity index (χ3v) is 2.68. The van der Waals surface area contributed by atoms with Crippen LogP contribution in [0, 0.1) is 11.3 Å².